The van der Waals surface area contributed by atoms with Crippen LogP contribution < -0.4 is 0 Å². The second kappa shape index (κ2) is 13.2. The van der Waals surface area contributed by atoms with Crippen LogP contribution in [-0.4, -0.2) is 49.8 Å². The molecule has 3 aliphatic rings. The van der Waals surface area contributed by atoms with E-state index in [4.69, 9.17) is 4.74 Å². The third-order valence-electron chi connectivity index (χ3n) is 8.66. The van der Waals surface area contributed by atoms with Crippen LogP contribution in [0.15, 0.2) is 94.4 Å². The third kappa shape index (κ3) is 8.25. The minimum atomic E-state index is -1.64. The quantitative estimate of drug-likeness (QED) is 0.170. The zero-order chi connectivity index (χ0) is 32.2. The molecule has 232 valence electrons. The Balaban J connectivity index is 1.63. The summed E-state index contributed by atoms with van der Waals surface area (Å²) in [7, 11) is 0. The van der Waals surface area contributed by atoms with Gasteiger partial charge in [-0.15, -0.1) is 0 Å². The van der Waals surface area contributed by atoms with Crippen molar-refractivity contribution in [2.75, 3.05) is 0 Å². The van der Waals surface area contributed by atoms with Gasteiger partial charge in [0.15, 0.2) is 0 Å². The molecule has 0 saturated heterocycles. The molecule has 43 heavy (non-hydrogen) atoms. The molecule has 0 aromatic rings. The van der Waals surface area contributed by atoms with Crippen LogP contribution >= 0.6 is 0 Å². The number of carbonyl (C=O) groups excluding carboxylic acids is 1. The standard InChI is InChI=1S/C37H48O6/c1-25(15-16-32-27(3)20-29(38)22-34(32,4)5)13-11-9-10-12-14-26(2)19-31-21-28(33(40)43-31)17-18-37(42)35(6,7)23-30(39)24-36(37,8)41/h9-14,17-19,21,29-30,38-39,41-42H,20,22-24H2,1-8H3/b11-9+,12-10-,18-17+,25-13-,26-14+,31-19+. The molecule has 0 bridgehead atoms. The van der Waals surface area contributed by atoms with E-state index in [1.165, 1.54) is 19.1 Å². The largest absolute Gasteiger partial charge is 0.423 e. The predicted octanol–water partition coefficient (Wildman–Crippen LogP) is 6.08. The lowest BCUT2D eigenvalue weighted by Gasteiger charge is -2.54. The van der Waals surface area contributed by atoms with Crippen molar-refractivity contribution >= 4 is 5.97 Å². The first-order valence-corrected chi connectivity index (χ1v) is 14.9. The molecule has 6 nitrogen and oxygen atoms in total. The van der Waals surface area contributed by atoms with E-state index in [-0.39, 0.29) is 23.5 Å². The first-order valence-electron chi connectivity index (χ1n) is 14.9. The number of allylic oxidation sites excluding steroid dienone is 11. The molecule has 1 aliphatic heterocycles. The molecule has 2 aliphatic carbocycles. The summed E-state index contributed by atoms with van der Waals surface area (Å²) in [5.74, 6) is 6.42. The van der Waals surface area contributed by atoms with E-state index in [0.29, 0.717) is 18.6 Å². The van der Waals surface area contributed by atoms with Crippen molar-refractivity contribution in [2.24, 2.45) is 10.8 Å². The van der Waals surface area contributed by atoms with Crippen LogP contribution in [0.25, 0.3) is 0 Å². The van der Waals surface area contributed by atoms with Crippen LogP contribution in [0.5, 0.6) is 0 Å². The number of aliphatic hydroxyl groups is 4. The Morgan fingerprint density at radius 3 is 2.23 bits per heavy atom. The maximum absolute atomic E-state index is 12.5. The van der Waals surface area contributed by atoms with Crippen LogP contribution in [-0.2, 0) is 9.53 Å². The number of carbonyl (C=O) groups is 1. The lowest BCUT2D eigenvalue weighted by Crippen LogP contribution is -2.65. The van der Waals surface area contributed by atoms with Crippen molar-refractivity contribution in [3.05, 3.63) is 94.4 Å². The number of hydrogen-bond acceptors (Lipinski definition) is 6. The van der Waals surface area contributed by atoms with Crippen molar-refractivity contribution in [3.8, 4) is 11.8 Å². The molecule has 4 unspecified atom stereocenters. The van der Waals surface area contributed by atoms with Crippen LogP contribution in [0, 0.1) is 22.7 Å². The molecule has 1 saturated carbocycles. The topological polar surface area (TPSA) is 107 Å². The number of esters is 1. The van der Waals surface area contributed by atoms with Gasteiger partial charge in [-0.3, -0.25) is 0 Å². The fourth-order valence-electron chi connectivity index (χ4n) is 6.45. The summed E-state index contributed by atoms with van der Waals surface area (Å²) < 4.78 is 5.38. The zero-order valence-corrected chi connectivity index (χ0v) is 26.9. The van der Waals surface area contributed by atoms with Gasteiger partial charge in [-0.2, -0.15) is 0 Å². The molecule has 4 atom stereocenters. The van der Waals surface area contributed by atoms with E-state index in [1.807, 2.05) is 50.3 Å². The smallest absolute Gasteiger partial charge is 0.343 e. The predicted molar refractivity (Wildman–Crippen MR) is 171 cm³/mol. The minimum absolute atomic E-state index is 0.0334. The molecule has 0 spiro atoms. The van der Waals surface area contributed by atoms with Gasteiger partial charge in [0.25, 0.3) is 0 Å². The second-order valence-corrected chi connectivity index (χ2v) is 13.7. The molecular weight excluding hydrogens is 540 g/mol. The number of ether oxygens (including phenoxy) is 1. The normalized spacial score (nSPS) is 32.5. The van der Waals surface area contributed by atoms with Crippen LogP contribution in [0.2, 0.25) is 0 Å². The Bertz CT molecular complexity index is 1390. The Kier molecular flexibility index (Phi) is 10.5. The Labute approximate surface area is 257 Å². The number of cyclic esters (lactones) is 1. The van der Waals surface area contributed by atoms with Crippen molar-refractivity contribution < 1.29 is 30.0 Å². The first kappa shape index (κ1) is 34.3. The van der Waals surface area contributed by atoms with E-state index >= 15 is 0 Å². The van der Waals surface area contributed by atoms with Gasteiger partial charge in [-0.05, 0) is 82.4 Å². The van der Waals surface area contributed by atoms with E-state index in [2.05, 4.69) is 32.6 Å². The van der Waals surface area contributed by atoms with Gasteiger partial charge in [-0.25, -0.2) is 4.79 Å². The molecule has 0 aromatic heterocycles. The fourth-order valence-corrected chi connectivity index (χ4v) is 6.45. The molecule has 4 N–H and O–H groups in total. The number of rotatable bonds is 6. The van der Waals surface area contributed by atoms with Gasteiger partial charge in [0, 0.05) is 22.8 Å². The van der Waals surface area contributed by atoms with Crippen LogP contribution in [0.4, 0.5) is 0 Å². The maximum Gasteiger partial charge on any atom is 0.343 e. The highest BCUT2D eigenvalue weighted by molar-refractivity contribution is 5.95. The van der Waals surface area contributed by atoms with Gasteiger partial charge in [0.05, 0.1) is 23.4 Å². The summed E-state index contributed by atoms with van der Waals surface area (Å²) in [4.78, 5) is 12.5. The summed E-state index contributed by atoms with van der Waals surface area (Å²) in [6.07, 6.45) is 18.5. The van der Waals surface area contributed by atoms with Crippen LogP contribution in [0.3, 0.4) is 0 Å². The zero-order valence-electron chi connectivity index (χ0n) is 26.9. The molecule has 0 amide bonds. The minimum Gasteiger partial charge on any atom is -0.423 e. The van der Waals surface area contributed by atoms with Gasteiger partial charge >= 0.3 is 5.97 Å². The highest BCUT2D eigenvalue weighted by Gasteiger charge is 2.58. The van der Waals surface area contributed by atoms with Crippen molar-refractivity contribution in [1.29, 1.82) is 0 Å². The van der Waals surface area contributed by atoms with E-state index < -0.39 is 28.7 Å². The van der Waals surface area contributed by atoms with Crippen molar-refractivity contribution in [3.63, 3.8) is 0 Å². The molecule has 3 rings (SSSR count). The Morgan fingerprint density at radius 2 is 1.60 bits per heavy atom. The summed E-state index contributed by atoms with van der Waals surface area (Å²) in [6.45, 7) is 15.3. The number of aliphatic hydroxyl groups excluding tert-OH is 2. The summed E-state index contributed by atoms with van der Waals surface area (Å²) in [5, 5.41) is 42.6. The molecule has 0 aromatic carbocycles. The molecule has 1 heterocycles. The van der Waals surface area contributed by atoms with Crippen molar-refractivity contribution in [1.82, 2.24) is 0 Å². The molecule has 6 heteroatoms. The van der Waals surface area contributed by atoms with Gasteiger partial charge < -0.3 is 25.2 Å². The lowest BCUT2D eigenvalue weighted by molar-refractivity contribution is -0.216. The summed E-state index contributed by atoms with van der Waals surface area (Å²) >= 11 is 0. The van der Waals surface area contributed by atoms with Crippen LogP contribution in [0.1, 0.15) is 81.1 Å². The third-order valence-corrected chi connectivity index (χ3v) is 8.66. The molecular formula is C37H48O6. The Hall–Kier alpha value is -3.21. The van der Waals surface area contributed by atoms with Gasteiger partial charge in [0.2, 0.25) is 0 Å². The van der Waals surface area contributed by atoms with Crippen molar-refractivity contribution in [2.45, 2.75) is 104 Å². The average Bonchev–Trinajstić information content (AvgIpc) is 3.20. The van der Waals surface area contributed by atoms with Gasteiger partial charge in [0.1, 0.15) is 11.4 Å². The van der Waals surface area contributed by atoms with E-state index in [1.54, 1.807) is 26.0 Å². The monoisotopic (exact) mass is 588 g/mol. The maximum atomic E-state index is 12.5. The second-order valence-electron chi connectivity index (χ2n) is 13.7. The van der Waals surface area contributed by atoms with E-state index in [0.717, 1.165) is 28.7 Å². The summed E-state index contributed by atoms with van der Waals surface area (Å²) in [6, 6.07) is 0. The SMILES string of the molecule is CC1=C(C#C\C(C)=C/C=C/C=C\C=C(C)\C=C2C=C(/C=C/C3(O)C(C)(C)CC(O)CC3(C)O)C(=O)O/2)C(C)(C)CC(O)C1. The lowest BCUT2D eigenvalue weighted by atomic mass is 9.57. The van der Waals surface area contributed by atoms with E-state index in [9.17, 15) is 25.2 Å². The average molecular weight is 589 g/mol. The summed E-state index contributed by atoms with van der Waals surface area (Å²) in [5.41, 5.74) is 0.218. The fraction of sp³-hybridized carbons (Fsp3) is 0.486. The number of hydrogen-bond donors (Lipinski definition) is 4. The first-order chi connectivity index (χ1) is 19.9. The highest BCUT2D eigenvalue weighted by atomic mass is 16.5. The molecule has 0 radical (unpaired) electrons. The van der Waals surface area contributed by atoms with Gasteiger partial charge in [-0.1, -0.05) is 81.6 Å². The molecule has 1 fully saturated rings. The highest BCUT2D eigenvalue weighted by Crippen LogP contribution is 2.50. The Morgan fingerprint density at radius 1 is 0.953 bits per heavy atom.